The monoisotopic (exact) mass is 379 g/mol. The SMILES string of the molecule is CCOC(=O)c1ccc(NC(=O)O[C@H]2CCN3Cc4ccccc4N=C23)cc1. The molecule has 0 radical (unpaired) electrons. The lowest BCUT2D eigenvalue weighted by molar-refractivity contribution is 0.0526. The molecule has 1 fully saturated rings. The number of carbonyl (C=O) groups excluding carboxylic acids is 2. The van der Waals surface area contributed by atoms with E-state index >= 15 is 0 Å². The van der Waals surface area contributed by atoms with Gasteiger partial charge in [0.2, 0.25) is 0 Å². The average molecular weight is 379 g/mol. The minimum absolute atomic E-state index is 0.317. The van der Waals surface area contributed by atoms with Crippen molar-refractivity contribution in [1.82, 2.24) is 4.90 Å². The van der Waals surface area contributed by atoms with Gasteiger partial charge in [-0.3, -0.25) is 5.32 Å². The van der Waals surface area contributed by atoms with Crippen LogP contribution in [0.2, 0.25) is 0 Å². The van der Waals surface area contributed by atoms with E-state index in [9.17, 15) is 9.59 Å². The molecule has 0 aliphatic carbocycles. The summed E-state index contributed by atoms with van der Waals surface area (Å²) in [7, 11) is 0. The van der Waals surface area contributed by atoms with Crippen molar-refractivity contribution in [2.24, 2.45) is 4.99 Å². The highest BCUT2D eigenvalue weighted by Crippen LogP contribution is 2.31. The Bertz CT molecular complexity index is 924. The molecule has 1 amide bonds. The first-order valence-electron chi connectivity index (χ1n) is 9.30. The third-order valence-electron chi connectivity index (χ3n) is 4.75. The zero-order valence-electron chi connectivity index (χ0n) is 15.6. The second kappa shape index (κ2) is 7.72. The maximum atomic E-state index is 12.3. The van der Waals surface area contributed by atoms with E-state index in [0.29, 0.717) is 24.3 Å². The first-order chi connectivity index (χ1) is 13.6. The number of esters is 1. The van der Waals surface area contributed by atoms with E-state index in [1.54, 1.807) is 31.2 Å². The number of nitrogens with one attached hydrogen (secondary N) is 1. The molecule has 4 rings (SSSR count). The molecule has 144 valence electrons. The molecule has 0 spiro atoms. The average Bonchev–Trinajstić information content (AvgIpc) is 3.08. The van der Waals surface area contributed by atoms with Crippen molar-refractivity contribution in [3.8, 4) is 0 Å². The van der Waals surface area contributed by atoms with Crippen LogP contribution in [0.25, 0.3) is 0 Å². The van der Waals surface area contributed by atoms with Crippen LogP contribution in [0, 0.1) is 0 Å². The van der Waals surface area contributed by atoms with Gasteiger partial charge in [-0.2, -0.15) is 0 Å². The summed E-state index contributed by atoms with van der Waals surface area (Å²) in [5, 5.41) is 2.69. The van der Waals surface area contributed by atoms with E-state index in [4.69, 9.17) is 9.47 Å². The number of hydrogen-bond acceptors (Lipinski definition) is 6. The van der Waals surface area contributed by atoms with Crippen molar-refractivity contribution < 1.29 is 19.1 Å². The second-order valence-electron chi connectivity index (χ2n) is 6.63. The number of rotatable bonds is 4. The molecule has 2 aromatic rings. The summed E-state index contributed by atoms with van der Waals surface area (Å²) in [5.41, 5.74) is 3.09. The van der Waals surface area contributed by atoms with Gasteiger partial charge in [0.25, 0.3) is 0 Å². The maximum Gasteiger partial charge on any atom is 0.412 e. The van der Waals surface area contributed by atoms with Gasteiger partial charge in [-0.25, -0.2) is 14.6 Å². The molecule has 0 bridgehead atoms. The maximum absolute atomic E-state index is 12.3. The van der Waals surface area contributed by atoms with Crippen LogP contribution in [-0.4, -0.2) is 42.1 Å². The minimum Gasteiger partial charge on any atom is -0.462 e. The summed E-state index contributed by atoms with van der Waals surface area (Å²) in [4.78, 5) is 30.8. The molecule has 0 saturated carbocycles. The zero-order valence-corrected chi connectivity index (χ0v) is 15.6. The predicted molar refractivity (Wildman–Crippen MR) is 105 cm³/mol. The van der Waals surface area contributed by atoms with Crippen molar-refractivity contribution in [3.05, 3.63) is 59.7 Å². The molecule has 7 nitrogen and oxygen atoms in total. The van der Waals surface area contributed by atoms with Gasteiger partial charge in [0.15, 0.2) is 6.10 Å². The third-order valence-corrected chi connectivity index (χ3v) is 4.75. The van der Waals surface area contributed by atoms with Crippen molar-refractivity contribution in [2.75, 3.05) is 18.5 Å². The van der Waals surface area contributed by atoms with E-state index in [2.05, 4.69) is 21.3 Å². The molecule has 28 heavy (non-hydrogen) atoms. The van der Waals surface area contributed by atoms with Crippen molar-refractivity contribution in [3.63, 3.8) is 0 Å². The summed E-state index contributed by atoms with van der Waals surface area (Å²) in [6.45, 7) is 3.66. The number of amides is 1. The summed E-state index contributed by atoms with van der Waals surface area (Å²) in [5.74, 6) is 0.407. The standard InChI is InChI=1S/C21H21N3O4/c1-2-27-20(25)14-7-9-16(10-8-14)22-21(26)28-18-11-12-24-13-15-5-3-4-6-17(15)23-19(18)24/h3-10,18H,2,11-13H2,1H3,(H,22,26)/t18-/m0/s1. The smallest absolute Gasteiger partial charge is 0.412 e. The van der Waals surface area contributed by atoms with Gasteiger partial charge >= 0.3 is 12.1 Å². The highest BCUT2D eigenvalue weighted by Gasteiger charge is 2.35. The number of nitrogens with zero attached hydrogens (tertiary/aromatic N) is 2. The van der Waals surface area contributed by atoms with E-state index in [1.165, 1.54) is 5.56 Å². The summed E-state index contributed by atoms with van der Waals surface area (Å²) < 4.78 is 10.5. The lowest BCUT2D eigenvalue weighted by Gasteiger charge is -2.26. The Kier molecular flexibility index (Phi) is 4.97. The number of aliphatic imine (C=N–C) groups is 1. The van der Waals surface area contributed by atoms with Crippen LogP contribution in [0.15, 0.2) is 53.5 Å². The molecule has 2 aliphatic rings. The molecule has 1 N–H and O–H groups in total. The zero-order chi connectivity index (χ0) is 19.5. The molecule has 2 aliphatic heterocycles. The fraction of sp³-hybridized carbons (Fsp3) is 0.286. The topological polar surface area (TPSA) is 80.2 Å². The number of ether oxygens (including phenoxy) is 2. The number of amidine groups is 1. The summed E-state index contributed by atoms with van der Waals surface area (Å²) in [6.07, 6.45) is -0.202. The Labute approximate surface area is 163 Å². The molecule has 0 aromatic heterocycles. The Hall–Kier alpha value is -3.35. The number of para-hydroxylation sites is 1. The largest absolute Gasteiger partial charge is 0.462 e. The van der Waals surface area contributed by atoms with E-state index in [1.807, 2.05) is 18.2 Å². The normalized spacial score (nSPS) is 17.2. The third kappa shape index (κ3) is 3.69. The number of benzene rings is 2. The first kappa shape index (κ1) is 18.0. The number of carbonyl (C=O) groups is 2. The minimum atomic E-state index is -0.544. The summed E-state index contributed by atoms with van der Waals surface area (Å²) in [6, 6.07) is 14.5. The molecule has 2 heterocycles. The van der Waals surface area contributed by atoms with E-state index in [-0.39, 0.29) is 6.10 Å². The highest BCUT2D eigenvalue weighted by atomic mass is 16.6. The Morgan fingerprint density at radius 3 is 2.75 bits per heavy atom. The van der Waals surface area contributed by atoms with Crippen LogP contribution < -0.4 is 5.32 Å². The molecule has 7 heteroatoms. The van der Waals surface area contributed by atoms with Gasteiger partial charge in [-0.15, -0.1) is 0 Å². The van der Waals surface area contributed by atoms with Crippen molar-refractivity contribution in [2.45, 2.75) is 26.0 Å². The second-order valence-corrected chi connectivity index (χ2v) is 6.63. The summed E-state index contributed by atoms with van der Waals surface area (Å²) >= 11 is 0. The number of hydrogen-bond donors (Lipinski definition) is 1. The van der Waals surface area contributed by atoms with Gasteiger partial charge in [0.05, 0.1) is 17.9 Å². The van der Waals surface area contributed by atoms with Crippen LogP contribution >= 0.6 is 0 Å². The Morgan fingerprint density at radius 1 is 1.18 bits per heavy atom. The van der Waals surface area contributed by atoms with Crippen molar-refractivity contribution in [1.29, 1.82) is 0 Å². The number of anilines is 1. The van der Waals surface area contributed by atoms with Gasteiger partial charge in [-0.05, 0) is 42.8 Å². The lowest BCUT2D eigenvalue weighted by Crippen LogP contribution is -2.34. The molecule has 2 aromatic carbocycles. The lowest BCUT2D eigenvalue weighted by atomic mass is 10.1. The van der Waals surface area contributed by atoms with Gasteiger partial charge in [-0.1, -0.05) is 18.2 Å². The van der Waals surface area contributed by atoms with Gasteiger partial charge < -0.3 is 14.4 Å². The Morgan fingerprint density at radius 2 is 1.96 bits per heavy atom. The van der Waals surface area contributed by atoms with Crippen LogP contribution in [-0.2, 0) is 16.0 Å². The fourth-order valence-corrected chi connectivity index (χ4v) is 3.40. The molecule has 1 saturated heterocycles. The molecule has 1 atom stereocenters. The molecule has 0 unspecified atom stereocenters. The van der Waals surface area contributed by atoms with Gasteiger partial charge in [0.1, 0.15) is 5.84 Å². The van der Waals surface area contributed by atoms with E-state index in [0.717, 1.165) is 24.6 Å². The fourth-order valence-electron chi connectivity index (χ4n) is 3.40. The molecular formula is C21H21N3O4. The van der Waals surface area contributed by atoms with Crippen LogP contribution in [0.4, 0.5) is 16.2 Å². The van der Waals surface area contributed by atoms with Crippen molar-refractivity contribution >= 4 is 29.3 Å². The molecular weight excluding hydrogens is 358 g/mol. The van der Waals surface area contributed by atoms with Crippen LogP contribution in [0.3, 0.4) is 0 Å². The highest BCUT2D eigenvalue weighted by molar-refractivity contribution is 5.95. The predicted octanol–water partition coefficient (Wildman–Crippen LogP) is 3.73. The number of fused-ring (bicyclic) bond motifs is 2. The van der Waals surface area contributed by atoms with Crippen LogP contribution in [0.1, 0.15) is 29.3 Å². The van der Waals surface area contributed by atoms with E-state index < -0.39 is 12.1 Å². The first-order valence-corrected chi connectivity index (χ1v) is 9.30. The Balaban J connectivity index is 1.39. The van der Waals surface area contributed by atoms with Crippen LogP contribution in [0.5, 0.6) is 0 Å². The quantitative estimate of drug-likeness (QED) is 0.819. The van der Waals surface area contributed by atoms with Gasteiger partial charge in [0, 0.05) is 25.2 Å².